The number of halogens is 1. The third-order valence-corrected chi connectivity index (χ3v) is 2.57. The van der Waals surface area contributed by atoms with E-state index in [9.17, 15) is 4.79 Å². The van der Waals surface area contributed by atoms with Gasteiger partial charge in [-0.25, -0.2) is 0 Å². The van der Waals surface area contributed by atoms with Crippen molar-refractivity contribution in [1.29, 1.82) is 0 Å². The second kappa shape index (κ2) is 7.03. The molecular formula is C13H16ClNO3. The third kappa shape index (κ3) is 4.05. The molecule has 0 radical (unpaired) electrons. The van der Waals surface area contributed by atoms with Crippen molar-refractivity contribution in [2.75, 3.05) is 6.54 Å². The summed E-state index contributed by atoms with van der Waals surface area (Å²) in [5, 5.41) is 11.9. The van der Waals surface area contributed by atoms with Crippen LogP contribution in [0.25, 0.3) is 0 Å². The Morgan fingerprint density at radius 2 is 2.39 bits per heavy atom. The van der Waals surface area contributed by atoms with Gasteiger partial charge in [0.05, 0.1) is 11.6 Å². The molecule has 4 nitrogen and oxygen atoms in total. The number of carbonyl (C=O) groups excluding carboxylic acids is 1. The van der Waals surface area contributed by atoms with Crippen LogP contribution in [0.4, 0.5) is 0 Å². The summed E-state index contributed by atoms with van der Waals surface area (Å²) in [6, 6.07) is 4.92. The van der Waals surface area contributed by atoms with Crippen LogP contribution < -0.4 is 10.1 Å². The molecule has 1 amide bonds. The summed E-state index contributed by atoms with van der Waals surface area (Å²) < 4.78 is 5.44. The van der Waals surface area contributed by atoms with Crippen molar-refractivity contribution < 1.29 is 14.6 Å². The molecular weight excluding hydrogens is 254 g/mol. The molecule has 1 atom stereocenters. The van der Waals surface area contributed by atoms with Crippen molar-refractivity contribution in [3.8, 4) is 5.75 Å². The van der Waals surface area contributed by atoms with Gasteiger partial charge in [0, 0.05) is 6.54 Å². The van der Waals surface area contributed by atoms with Crippen molar-refractivity contribution in [2.45, 2.75) is 19.6 Å². The molecule has 2 N–H and O–H groups in total. The number of carbonyl (C=O) groups is 1. The molecule has 1 unspecified atom stereocenters. The Kier molecular flexibility index (Phi) is 5.68. The molecule has 0 fully saturated rings. The van der Waals surface area contributed by atoms with Crippen LogP contribution in [0.5, 0.6) is 5.75 Å². The zero-order valence-corrected chi connectivity index (χ0v) is 10.9. The van der Waals surface area contributed by atoms with Crippen molar-refractivity contribution in [1.82, 2.24) is 5.32 Å². The molecule has 0 spiro atoms. The lowest BCUT2D eigenvalue weighted by molar-refractivity contribution is -0.127. The lowest BCUT2D eigenvalue weighted by Crippen LogP contribution is -2.36. The Morgan fingerprint density at radius 3 is 2.94 bits per heavy atom. The summed E-state index contributed by atoms with van der Waals surface area (Å²) >= 11 is 5.98. The number of aliphatic hydroxyl groups is 1. The van der Waals surface area contributed by atoms with Gasteiger partial charge in [-0.05, 0) is 24.6 Å². The van der Waals surface area contributed by atoms with E-state index in [1.165, 1.54) is 0 Å². The Balaban J connectivity index is 2.66. The van der Waals surface area contributed by atoms with Crippen molar-refractivity contribution >= 4 is 17.5 Å². The van der Waals surface area contributed by atoms with Gasteiger partial charge in [0.1, 0.15) is 5.75 Å². The van der Waals surface area contributed by atoms with Crippen LogP contribution in [0.3, 0.4) is 0 Å². The first kappa shape index (κ1) is 14.5. The molecule has 0 aliphatic carbocycles. The first-order chi connectivity index (χ1) is 8.58. The Bertz CT molecular complexity index is 434. The van der Waals surface area contributed by atoms with Gasteiger partial charge in [-0.2, -0.15) is 0 Å². The maximum atomic E-state index is 11.6. The van der Waals surface area contributed by atoms with E-state index in [2.05, 4.69) is 11.9 Å². The van der Waals surface area contributed by atoms with Crippen LogP contribution in [-0.2, 0) is 11.4 Å². The highest BCUT2D eigenvalue weighted by atomic mass is 35.5. The summed E-state index contributed by atoms with van der Waals surface area (Å²) in [6.07, 6.45) is 0.940. The second-order valence-corrected chi connectivity index (χ2v) is 4.12. The van der Waals surface area contributed by atoms with Gasteiger partial charge >= 0.3 is 0 Å². The third-order valence-electron chi connectivity index (χ3n) is 2.27. The maximum absolute atomic E-state index is 11.6. The number of benzene rings is 1. The lowest BCUT2D eigenvalue weighted by Gasteiger charge is -2.15. The molecule has 0 saturated carbocycles. The normalized spacial score (nSPS) is 11.7. The molecule has 1 rings (SSSR count). The Hall–Kier alpha value is -1.52. The minimum absolute atomic E-state index is 0.0879. The topological polar surface area (TPSA) is 58.6 Å². The van der Waals surface area contributed by atoms with Gasteiger partial charge in [-0.3, -0.25) is 4.79 Å². The predicted molar refractivity (Wildman–Crippen MR) is 70.7 cm³/mol. The summed E-state index contributed by atoms with van der Waals surface area (Å²) in [7, 11) is 0. The maximum Gasteiger partial charge on any atom is 0.261 e. The van der Waals surface area contributed by atoms with E-state index in [0.717, 1.165) is 0 Å². The quantitative estimate of drug-likeness (QED) is 0.776. The van der Waals surface area contributed by atoms with Crippen LogP contribution in [0.15, 0.2) is 30.9 Å². The van der Waals surface area contributed by atoms with E-state index >= 15 is 0 Å². The number of aliphatic hydroxyl groups excluding tert-OH is 1. The highest BCUT2D eigenvalue weighted by Gasteiger charge is 2.15. The lowest BCUT2D eigenvalue weighted by atomic mass is 10.2. The first-order valence-corrected chi connectivity index (χ1v) is 5.90. The molecule has 5 heteroatoms. The van der Waals surface area contributed by atoms with Crippen molar-refractivity contribution in [3.05, 3.63) is 41.4 Å². The molecule has 0 bridgehead atoms. The van der Waals surface area contributed by atoms with E-state index in [1.807, 2.05) is 0 Å². The number of hydrogen-bond acceptors (Lipinski definition) is 3. The van der Waals surface area contributed by atoms with E-state index in [1.54, 1.807) is 31.2 Å². The highest BCUT2D eigenvalue weighted by Crippen LogP contribution is 2.26. The SMILES string of the molecule is C=CCNC(=O)C(C)Oc1ccc(CO)cc1Cl. The molecule has 0 aliphatic heterocycles. The number of nitrogens with one attached hydrogen (secondary N) is 1. The average molecular weight is 270 g/mol. The van der Waals surface area contributed by atoms with Crippen molar-refractivity contribution in [3.63, 3.8) is 0 Å². The summed E-state index contributed by atoms with van der Waals surface area (Å²) in [5.74, 6) is 0.173. The monoisotopic (exact) mass is 269 g/mol. The highest BCUT2D eigenvalue weighted by molar-refractivity contribution is 6.32. The number of rotatable bonds is 6. The Labute approximate surface area is 111 Å². The summed E-state index contributed by atoms with van der Waals surface area (Å²) in [5.41, 5.74) is 0.691. The fourth-order valence-electron chi connectivity index (χ4n) is 1.30. The van der Waals surface area contributed by atoms with E-state index < -0.39 is 6.10 Å². The fraction of sp³-hybridized carbons (Fsp3) is 0.308. The molecule has 1 aromatic rings. The smallest absolute Gasteiger partial charge is 0.261 e. The van der Waals surface area contributed by atoms with Crippen LogP contribution in [-0.4, -0.2) is 23.7 Å². The summed E-state index contributed by atoms with van der Waals surface area (Å²) in [6.45, 7) is 5.45. The van der Waals surface area contributed by atoms with Gasteiger partial charge in [0.2, 0.25) is 0 Å². The molecule has 0 saturated heterocycles. The van der Waals surface area contributed by atoms with Gasteiger partial charge in [0.15, 0.2) is 6.10 Å². The number of hydrogen-bond donors (Lipinski definition) is 2. The van der Waals surface area contributed by atoms with Crippen LogP contribution in [0.1, 0.15) is 12.5 Å². The largest absolute Gasteiger partial charge is 0.479 e. The minimum Gasteiger partial charge on any atom is -0.479 e. The number of amides is 1. The average Bonchev–Trinajstić information content (AvgIpc) is 2.38. The second-order valence-electron chi connectivity index (χ2n) is 3.72. The van der Waals surface area contributed by atoms with E-state index in [-0.39, 0.29) is 12.5 Å². The van der Waals surface area contributed by atoms with Gasteiger partial charge in [0.25, 0.3) is 5.91 Å². The molecule has 0 aliphatic rings. The molecule has 18 heavy (non-hydrogen) atoms. The Morgan fingerprint density at radius 1 is 1.67 bits per heavy atom. The molecule has 98 valence electrons. The number of ether oxygens (including phenoxy) is 1. The van der Waals surface area contributed by atoms with E-state index in [4.69, 9.17) is 21.4 Å². The van der Waals surface area contributed by atoms with Crippen LogP contribution in [0, 0.1) is 0 Å². The van der Waals surface area contributed by atoms with Gasteiger partial charge < -0.3 is 15.2 Å². The zero-order chi connectivity index (χ0) is 13.5. The molecule has 0 heterocycles. The van der Waals surface area contributed by atoms with Crippen LogP contribution >= 0.6 is 11.6 Å². The van der Waals surface area contributed by atoms with E-state index in [0.29, 0.717) is 22.9 Å². The first-order valence-electron chi connectivity index (χ1n) is 5.53. The predicted octanol–water partition coefficient (Wildman–Crippen LogP) is 1.90. The molecule has 1 aromatic carbocycles. The fourth-order valence-corrected chi connectivity index (χ4v) is 1.55. The van der Waals surface area contributed by atoms with Crippen LogP contribution in [0.2, 0.25) is 5.02 Å². The molecule has 0 aromatic heterocycles. The zero-order valence-electron chi connectivity index (χ0n) is 10.1. The van der Waals surface area contributed by atoms with Crippen molar-refractivity contribution in [2.24, 2.45) is 0 Å². The standard InChI is InChI=1S/C13H16ClNO3/c1-3-6-15-13(17)9(2)18-12-5-4-10(8-16)7-11(12)14/h3-5,7,9,16H,1,6,8H2,2H3,(H,15,17). The minimum atomic E-state index is -0.651. The van der Waals surface area contributed by atoms with Gasteiger partial charge in [-0.15, -0.1) is 6.58 Å². The van der Waals surface area contributed by atoms with Gasteiger partial charge in [-0.1, -0.05) is 23.7 Å². The summed E-state index contributed by atoms with van der Waals surface area (Å²) in [4.78, 5) is 11.6.